The van der Waals surface area contributed by atoms with Crippen molar-refractivity contribution in [3.05, 3.63) is 0 Å². The molecule has 1 heterocycles. The van der Waals surface area contributed by atoms with Gasteiger partial charge in [-0.1, -0.05) is 60.3 Å². The van der Waals surface area contributed by atoms with E-state index in [0.717, 1.165) is 25.7 Å². The van der Waals surface area contributed by atoms with Gasteiger partial charge in [0.25, 0.3) is 0 Å². The van der Waals surface area contributed by atoms with Crippen LogP contribution in [0.15, 0.2) is 0 Å². The molecule has 5 atom stereocenters. The van der Waals surface area contributed by atoms with Gasteiger partial charge in [-0.25, -0.2) is 9.69 Å². The van der Waals surface area contributed by atoms with Gasteiger partial charge in [0.1, 0.15) is 6.61 Å². The van der Waals surface area contributed by atoms with E-state index in [2.05, 4.69) is 13.8 Å². The minimum absolute atomic E-state index is 0.113. The Labute approximate surface area is 164 Å². The summed E-state index contributed by atoms with van der Waals surface area (Å²) in [6.07, 6.45) is 6.49. The van der Waals surface area contributed by atoms with E-state index in [0.29, 0.717) is 12.3 Å². The largest absolute Gasteiger partial charge is 0.447 e. The molecule has 27 heavy (non-hydrogen) atoms. The minimum Gasteiger partial charge on any atom is -0.447 e. The van der Waals surface area contributed by atoms with Crippen molar-refractivity contribution < 1.29 is 19.4 Å². The molecule has 2 fully saturated rings. The molecule has 1 aliphatic carbocycles. The number of nitrogens with zero attached hydrogens (tertiary/aromatic N) is 1. The van der Waals surface area contributed by atoms with E-state index in [1.165, 1.54) is 17.7 Å². The Kier molecular flexibility index (Phi) is 6.99. The standard InChI is InChI=1S/C22H39NO4/c1-7-8-9-10-11-16-12-15(2)13-22(6,26)18(16)19(24)23-17(21(3,4)5)14-27-20(23)25/h15-18,26H,7-14H2,1-6H3/t15-,16+,17+,18+,22+/m0/s1. The number of carbonyl (C=O) groups excluding carboxylic acids is 2. The first-order chi connectivity index (χ1) is 12.5. The molecule has 156 valence electrons. The number of hydrogen-bond acceptors (Lipinski definition) is 4. The molecule has 0 unspecified atom stereocenters. The van der Waals surface area contributed by atoms with Gasteiger partial charge in [0, 0.05) is 0 Å². The van der Waals surface area contributed by atoms with Crippen LogP contribution in [-0.2, 0) is 9.53 Å². The van der Waals surface area contributed by atoms with Crippen molar-refractivity contribution in [2.24, 2.45) is 23.2 Å². The molecule has 5 heteroatoms. The summed E-state index contributed by atoms with van der Waals surface area (Å²) in [6.45, 7) is 12.4. The maximum absolute atomic E-state index is 13.6. The van der Waals surface area contributed by atoms with E-state index in [4.69, 9.17) is 4.74 Å². The van der Waals surface area contributed by atoms with Crippen LogP contribution in [0.25, 0.3) is 0 Å². The second-order valence-corrected chi connectivity index (χ2v) is 10.2. The molecular formula is C22H39NO4. The highest BCUT2D eigenvalue weighted by Gasteiger charge is 2.53. The first-order valence-corrected chi connectivity index (χ1v) is 10.7. The second kappa shape index (κ2) is 8.50. The third kappa shape index (κ3) is 5.04. The normalized spacial score (nSPS) is 34.6. The zero-order valence-electron chi connectivity index (χ0n) is 18.1. The summed E-state index contributed by atoms with van der Waals surface area (Å²) < 4.78 is 5.24. The average Bonchev–Trinajstić information content (AvgIpc) is 2.91. The van der Waals surface area contributed by atoms with E-state index in [9.17, 15) is 14.7 Å². The number of unbranched alkanes of at least 4 members (excludes halogenated alkanes) is 3. The second-order valence-electron chi connectivity index (χ2n) is 10.2. The predicted molar refractivity (Wildman–Crippen MR) is 106 cm³/mol. The van der Waals surface area contributed by atoms with Gasteiger partial charge in [-0.15, -0.1) is 0 Å². The van der Waals surface area contributed by atoms with Gasteiger partial charge in [-0.3, -0.25) is 4.79 Å². The fraction of sp³-hybridized carbons (Fsp3) is 0.909. The van der Waals surface area contributed by atoms with Gasteiger partial charge in [0.05, 0.1) is 17.6 Å². The monoisotopic (exact) mass is 381 g/mol. The van der Waals surface area contributed by atoms with Crippen molar-refractivity contribution in [1.29, 1.82) is 0 Å². The summed E-state index contributed by atoms with van der Waals surface area (Å²) in [7, 11) is 0. The fourth-order valence-electron chi connectivity index (χ4n) is 5.11. The summed E-state index contributed by atoms with van der Waals surface area (Å²) in [5.41, 5.74) is -1.35. The molecule has 2 amide bonds. The number of carbonyl (C=O) groups is 2. The van der Waals surface area contributed by atoms with Crippen LogP contribution in [-0.4, -0.2) is 40.3 Å². The summed E-state index contributed by atoms with van der Waals surface area (Å²) in [5.74, 6) is -0.285. The molecule has 1 saturated carbocycles. The van der Waals surface area contributed by atoms with Gasteiger partial charge in [-0.2, -0.15) is 0 Å². The maximum atomic E-state index is 13.6. The van der Waals surface area contributed by atoms with Gasteiger partial charge in [0.2, 0.25) is 5.91 Å². The van der Waals surface area contributed by atoms with Crippen molar-refractivity contribution in [3.63, 3.8) is 0 Å². The Hall–Kier alpha value is -1.10. The van der Waals surface area contributed by atoms with E-state index < -0.39 is 17.6 Å². The van der Waals surface area contributed by atoms with Crippen LogP contribution in [0.3, 0.4) is 0 Å². The molecule has 0 bridgehead atoms. The molecule has 1 saturated heterocycles. The van der Waals surface area contributed by atoms with E-state index in [-0.39, 0.29) is 29.9 Å². The summed E-state index contributed by atoms with van der Waals surface area (Å²) in [6, 6.07) is -0.284. The lowest BCUT2D eigenvalue weighted by atomic mass is 9.64. The Morgan fingerprint density at radius 1 is 1.30 bits per heavy atom. The number of aliphatic hydroxyl groups is 1. The van der Waals surface area contributed by atoms with Gasteiger partial charge >= 0.3 is 6.09 Å². The molecule has 1 N–H and O–H groups in total. The zero-order chi connectivity index (χ0) is 20.4. The van der Waals surface area contributed by atoms with Crippen LogP contribution in [0.5, 0.6) is 0 Å². The van der Waals surface area contributed by atoms with Crippen LogP contribution < -0.4 is 0 Å². The lowest BCUT2D eigenvalue weighted by Crippen LogP contribution is -2.57. The highest BCUT2D eigenvalue weighted by atomic mass is 16.6. The Bertz CT molecular complexity index is 537. The molecular weight excluding hydrogens is 342 g/mol. The van der Waals surface area contributed by atoms with Crippen molar-refractivity contribution in [2.45, 2.75) is 98.1 Å². The van der Waals surface area contributed by atoms with Gasteiger partial charge in [0.15, 0.2) is 0 Å². The highest BCUT2D eigenvalue weighted by molar-refractivity contribution is 5.95. The van der Waals surface area contributed by atoms with Gasteiger partial charge < -0.3 is 9.84 Å². The molecule has 0 spiro atoms. The number of cyclic esters (lactones) is 1. The highest BCUT2D eigenvalue weighted by Crippen LogP contribution is 2.45. The smallest absolute Gasteiger partial charge is 0.417 e. The fourth-order valence-corrected chi connectivity index (χ4v) is 5.11. The van der Waals surface area contributed by atoms with Crippen LogP contribution in [0.4, 0.5) is 4.79 Å². The average molecular weight is 382 g/mol. The van der Waals surface area contributed by atoms with E-state index >= 15 is 0 Å². The minimum atomic E-state index is -1.09. The molecule has 0 aromatic carbocycles. The van der Waals surface area contributed by atoms with Crippen molar-refractivity contribution in [2.75, 3.05) is 6.61 Å². The SMILES string of the molecule is CCCCCC[C@@H]1C[C@H](C)C[C@@](C)(O)[C@H]1C(=O)N1C(=O)OC[C@@H]1C(C)(C)C. The zero-order valence-corrected chi connectivity index (χ0v) is 18.1. The van der Waals surface area contributed by atoms with E-state index in [1.54, 1.807) is 6.92 Å². The number of imide groups is 1. The van der Waals surface area contributed by atoms with E-state index in [1.807, 2.05) is 20.8 Å². The van der Waals surface area contributed by atoms with Gasteiger partial charge in [-0.05, 0) is 43.4 Å². The lowest BCUT2D eigenvalue weighted by molar-refractivity contribution is -0.155. The number of hydrogen-bond donors (Lipinski definition) is 1. The summed E-state index contributed by atoms with van der Waals surface area (Å²) in [5, 5.41) is 11.2. The third-order valence-electron chi connectivity index (χ3n) is 6.41. The maximum Gasteiger partial charge on any atom is 0.417 e. The lowest BCUT2D eigenvalue weighted by Gasteiger charge is -2.46. The Morgan fingerprint density at radius 3 is 2.56 bits per heavy atom. The molecule has 0 radical (unpaired) electrons. The third-order valence-corrected chi connectivity index (χ3v) is 6.41. The molecule has 0 aromatic rings. The van der Waals surface area contributed by atoms with Crippen molar-refractivity contribution >= 4 is 12.0 Å². The first kappa shape index (κ1) is 22.2. The van der Waals surface area contributed by atoms with Crippen LogP contribution in [0, 0.1) is 23.2 Å². The summed E-state index contributed by atoms with van der Waals surface area (Å²) >= 11 is 0. The Morgan fingerprint density at radius 2 is 1.96 bits per heavy atom. The predicted octanol–water partition coefficient (Wildman–Crippen LogP) is 4.76. The molecule has 2 rings (SSSR count). The van der Waals surface area contributed by atoms with Crippen LogP contribution in [0.1, 0.15) is 86.5 Å². The quantitative estimate of drug-likeness (QED) is 0.673. The molecule has 5 nitrogen and oxygen atoms in total. The Balaban J connectivity index is 2.25. The molecule has 0 aromatic heterocycles. The molecule has 1 aliphatic heterocycles. The number of amides is 2. The first-order valence-electron chi connectivity index (χ1n) is 10.7. The summed E-state index contributed by atoms with van der Waals surface area (Å²) in [4.78, 5) is 27.3. The number of ether oxygens (including phenoxy) is 1. The molecule has 2 aliphatic rings. The topological polar surface area (TPSA) is 66.8 Å². The van der Waals surface area contributed by atoms with Crippen LogP contribution in [0.2, 0.25) is 0 Å². The van der Waals surface area contributed by atoms with Crippen LogP contribution >= 0.6 is 0 Å². The van der Waals surface area contributed by atoms with Crippen molar-refractivity contribution in [3.8, 4) is 0 Å². The number of rotatable bonds is 6. The van der Waals surface area contributed by atoms with Crippen molar-refractivity contribution in [1.82, 2.24) is 4.90 Å².